The van der Waals surface area contributed by atoms with Crippen molar-refractivity contribution in [3.05, 3.63) is 0 Å². The predicted octanol–water partition coefficient (Wildman–Crippen LogP) is 3.38. The third kappa shape index (κ3) is 6.98. The van der Waals surface area contributed by atoms with Gasteiger partial charge in [-0.2, -0.15) is 0 Å². The molecule has 0 N–H and O–H groups in total. The normalized spacial score (nSPS) is 23.0. The average molecular weight is 341 g/mol. The summed E-state index contributed by atoms with van der Waals surface area (Å²) < 4.78 is 10.9. The van der Waals surface area contributed by atoms with Gasteiger partial charge in [0.15, 0.2) is 0 Å². The number of ether oxygens (including phenoxy) is 2. The molecule has 2 rings (SSSR count). The van der Waals surface area contributed by atoms with E-state index < -0.39 is 5.60 Å². The second kappa shape index (κ2) is 9.04. The summed E-state index contributed by atoms with van der Waals surface area (Å²) in [5.41, 5.74) is -0.403. The number of likely N-dealkylation sites (tertiary alicyclic amines) is 1. The van der Waals surface area contributed by atoms with Gasteiger partial charge in [0.2, 0.25) is 0 Å². The first-order chi connectivity index (χ1) is 11.3. The maximum absolute atomic E-state index is 12.1. The Morgan fingerprint density at radius 1 is 1.12 bits per heavy atom. The van der Waals surface area contributed by atoms with E-state index in [-0.39, 0.29) is 6.09 Å². The van der Waals surface area contributed by atoms with Crippen LogP contribution in [0.4, 0.5) is 4.79 Å². The zero-order valence-electron chi connectivity index (χ0n) is 16.1. The molecule has 2 saturated heterocycles. The van der Waals surface area contributed by atoms with Crippen molar-refractivity contribution >= 4 is 6.09 Å². The summed E-state index contributed by atoms with van der Waals surface area (Å²) >= 11 is 0. The third-order valence-electron chi connectivity index (χ3n) is 5.12. The second-order valence-corrected chi connectivity index (χ2v) is 8.52. The van der Waals surface area contributed by atoms with Gasteiger partial charge in [0, 0.05) is 26.3 Å². The van der Waals surface area contributed by atoms with Crippen LogP contribution in [0.2, 0.25) is 0 Å². The predicted molar refractivity (Wildman–Crippen MR) is 96.2 cm³/mol. The zero-order valence-corrected chi connectivity index (χ0v) is 16.1. The summed E-state index contributed by atoms with van der Waals surface area (Å²) in [6.07, 6.45) is 5.85. The number of amides is 1. The van der Waals surface area contributed by atoms with Crippen LogP contribution in [0.3, 0.4) is 0 Å². The van der Waals surface area contributed by atoms with Crippen molar-refractivity contribution in [2.45, 2.75) is 58.5 Å². The lowest BCUT2D eigenvalue weighted by Gasteiger charge is -2.26. The molecule has 1 amide bonds. The van der Waals surface area contributed by atoms with Gasteiger partial charge >= 0.3 is 6.09 Å². The van der Waals surface area contributed by atoms with E-state index in [1.54, 1.807) is 0 Å². The fourth-order valence-corrected chi connectivity index (χ4v) is 3.51. The minimum atomic E-state index is -0.403. The molecule has 2 aliphatic rings. The summed E-state index contributed by atoms with van der Waals surface area (Å²) in [4.78, 5) is 16.4. The molecule has 0 bridgehead atoms. The Kier molecular flexibility index (Phi) is 7.35. The van der Waals surface area contributed by atoms with Crippen LogP contribution in [0.25, 0.3) is 0 Å². The minimum Gasteiger partial charge on any atom is -0.444 e. The summed E-state index contributed by atoms with van der Waals surface area (Å²) in [7, 11) is 2.22. The monoisotopic (exact) mass is 340 g/mol. The van der Waals surface area contributed by atoms with Crippen molar-refractivity contribution in [3.63, 3.8) is 0 Å². The van der Waals surface area contributed by atoms with E-state index in [4.69, 9.17) is 9.47 Å². The van der Waals surface area contributed by atoms with Crippen LogP contribution < -0.4 is 0 Å². The molecule has 5 nitrogen and oxygen atoms in total. The molecule has 0 unspecified atom stereocenters. The highest BCUT2D eigenvalue weighted by molar-refractivity contribution is 5.68. The summed E-state index contributed by atoms with van der Waals surface area (Å²) in [5, 5.41) is 0. The van der Waals surface area contributed by atoms with Crippen LogP contribution in [-0.4, -0.2) is 67.9 Å². The number of nitrogens with zero attached hydrogens (tertiary/aromatic N) is 2. The van der Waals surface area contributed by atoms with Crippen molar-refractivity contribution in [2.75, 3.05) is 46.4 Å². The molecule has 0 aromatic carbocycles. The van der Waals surface area contributed by atoms with Crippen molar-refractivity contribution in [1.82, 2.24) is 9.80 Å². The molecule has 2 fully saturated rings. The minimum absolute atomic E-state index is 0.155. The highest BCUT2D eigenvalue weighted by Gasteiger charge is 2.29. The van der Waals surface area contributed by atoms with E-state index in [1.165, 1.54) is 32.2 Å². The number of rotatable bonds is 6. The summed E-state index contributed by atoms with van der Waals surface area (Å²) in [6.45, 7) is 11.6. The molecule has 24 heavy (non-hydrogen) atoms. The molecule has 0 radical (unpaired) electrons. The van der Waals surface area contributed by atoms with E-state index in [0.717, 1.165) is 45.2 Å². The van der Waals surface area contributed by atoms with Gasteiger partial charge in [-0.1, -0.05) is 0 Å². The topological polar surface area (TPSA) is 42.0 Å². The summed E-state index contributed by atoms with van der Waals surface area (Å²) in [6, 6.07) is 0. The molecule has 0 aromatic heterocycles. The van der Waals surface area contributed by atoms with Crippen LogP contribution >= 0.6 is 0 Å². The van der Waals surface area contributed by atoms with E-state index in [0.29, 0.717) is 5.92 Å². The molecule has 2 heterocycles. The molecular formula is C19H36N2O3. The lowest BCUT2D eigenvalue weighted by atomic mass is 9.96. The Hall–Kier alpha value is -0.810. The van der Waals surface area contributed by atoms with Gasteiger partial charge in [0.1, 0.15) is 5.60 Å². The van der Waals surface area contributed by atoms with Gasteiger partial charge < -0.3 is 19.3 Å². The van der Waals surface area contributed by atoms with Crippen molar-refractivity contribution in [2.24, 2.45) is 11.8 Å². The van der Waals surface area contributed by atoms with Crippen LogP contribution in [0.5, 0.6) is 0 Å². The molecular weight excluding hydrogens is 304 g/mol. The fraction of sp³-hybridized carbons (Fsp3) is 0.947. The largest absolute Gasteiger partial charge is 0.444 e. The van der Waals surface area contributed by atoms with Gasteiger partial charge in [-0.15, -0.1) is 0 Å². The molecule has 1 atom stereocenters. The molecule has 0 aromatic rings. The molecule has 140 valence electrons. The first-order valence-corrected chi connectivity index (χ1v) is 9.57. The fourth-order valence-electron chi connectivity index (χ4n) is 3.51. The van der Waals surface area contributed by atoms with E-state index >= 15 is 0 Å². The first kappa shape index (κ1) is 19.5. The zero-order chi connectivity index (χ0) is 17.6. The summed E-state index contributed by atoms with van der Waals surface area (Å²) in [5.74, 6) is 1.46. The van der Waals surface area contributed by atoms with Crippen LogP contribution in [0, 0.1) is 11.8 Å². The van der Waals surface area contributed by atoms with Crippen LogP contribution in [0.1, 0.15) is 52.9 Å². The first-order valence-electron chi connectivity index (χ1n) is 9.57. The van der Waals surface area contributed by atoms with E-state index in [9.17, 15) is 4.79 Å². The second-order valence-electron chi connectivity index (χ2n) is 8.52. The van der Waals surface area contributed by atoms with Gasteiger partial charge in [0.05, 0.1) is 0 Å². The Bertz CT molecular complexity index is 389. The lowest BCUT2D eigenvalue weighted by Crippen LogP contribution is -2.35. The van der Waals surface area contributed by atoms with Crippen molar-refractivity contribution in [1.29, 1.82) is 0 Å². The Balaban J connectivity index is 1.59. The van der Waals surface area contributed by atoms with Crippen LogP contribution in [-0.2, 0) is 9.47 Å². The van der Waals surface area contributed by atoms with Gasteiger partial charge in [-0.05, 0) is 84.8 Å². The Morgan fingerprint density at radius 3 is 2.38 bits per heavy atom. The maximum atomic E-state index is 12.1. The number of hydrogen-bond donors (Lipinski definition) is 0. The van der Waals surface area contributed by atoms with Gasteiger partial charge in [0.25, 0.3) is 0 Å². The van der Waals surface area contributed by atoms with Gasteiger partial charge in [-0.3, -0.25) is 0 Å². The lowest BCUT2D eigenvalue weighted by molar-refractivity contribution is 0.0287. The number of carbonyl (C=O) groups is 1. The van der Waals surface area contributed by atoms with Crippen molar-refractivity contribution < 1.29 is 14.3 Å². The smallest absolute Gasteiger partial charge is 0.410 e. The Morgan fingerprint density at radius 2 is 1.75 bits per heavy atom. The van der Waals surface area contributed by atoms with E-state index in [2.05, 4.69) is 11.9 Å². The Labute approximate surface area is 147 Å². The molecule has 2 aliphatic heterocycles. The van der Waals surface area contributed by atoms with E-state index in [1.807, 2.05) is 25.7 Å². The highest BCUT2D eigenvalue weighted by Crippen LogP contribution is 2.23. The standard InChI is InChI=1S/C19H36N2O3/c1-19(2,3)24-18(22)21-12-7-17(15-21)6-11-20(4)10-5-16-8-13-23-14-9-16/h16-17H,5-15H2,1-4H3/t17-/m1/s1. The molecule has 5 heteroatoms. The quantitative estimate of drug-likeness (QED) is 0.743. The maximum Gasteiger partial charge on any atom is 0.410 e. The SMILES string of the molecule is CN(CCC1CCOCC1)CC[C@@H]1CCN(C(=O)OC(C)(C)C)C1. The van der Waals surface area contributed by atoms with Crippen molar-refractivity contribution in [3.8, 4) is 0 Å². The average Bonchev–Trinajstić information content (AvgIpc) is 2.99. The molecule has 0 spiro atoms. The molecule has 0 aliphatic carbocycles. The number of hydrogen-bond acceptors (Lipinski definition) is 4. The van der Waals surface area contributed by atoms with Gasteiger partial charge in [-0.25, -0.2) is 4.79 Å². The highest BCUT2D eigenvalue weighted by atomic mass is 16.6. The van der Waals surface area contributed by atoms with Crippen LogP contribution in [0.15, 0.2) is 0 Å². The third-order valence-corrected chi connectivity index (χ3v) is 5.12. The number of carbonyl (C=O) groups excluding carboxylic acids is 1. The molecule has 0 saturated carbocycles.